The van der Waals surface area contributed by atoms with E-state index in [-0.39, 0.29) is 0 Å². The number of aryl methyl sites for hydroxylation is 2. The molecule has 0 unspecified atom stereocenters. The van der Waals surface area contributed by atoms with Crippen molar-refractivity contribution >= 4 is 0 Å². The van der Waals surface area contributed by atoms with Crippen LogP contribution in [0.25, 0.3) is 11.1 Å². The van der Waals surface area contributed by atoms with Crippen LogP contribution in [0, 0.1) is 0 Å². The summed E-state index contributed by atoms with van der Waals surface area (Å²) in [6.45, 7) is 2.17. The lowest BCUT2D eigenvalue weighted by Gasteiger charge is -1.95. The molecular formula is C12H14N2. The summed E-state index contributed by atoms with van der Waals surface area (Å²) in [5.41, 5.74) is 3.86. The second-order valence-corrected chi connectivity index (χ2v) is 3.42. The SMILES string of the molecule is CCc1cc(-c2ccncc2)cn1C. The monoisotopic (exact) mass is 186 g/mol. The maximum Gasteiger partial charge on any atom is 0.0273 e. The Bertz CT molecular complexity index is 415. The minimum absolute atomic E-state index is 1.07. The van der Waals surface area contributed by atoms with E-state index in [2.05, 4.69) is 35.8 Å². The fourth-order valence-electron chi connectivity index (χ4n) is 1.66. The van der Waals surface area contributed by atoms with Crippen molar-refractivity contribution in [3.05, 3.63) is 42.5 Å². The van der Waals surface area contributed by atoms with Gasteiger partial charge in [0.1, 0.15) is 0 Å². The minimum Gasteiger partial charge on any atom is -0.354 e. The molecule has 0 aliphatic heterocycles. The van der Waals surface area contributed by atoms with Gasteiger partial charge in [-0.15, -0.1) is 0 Å². The molecule has 2 nitrogen and oxygen atoms in total. The van der Waals surface area contributed by atoms with Gasteiger partial charge in [-0.2, -0.15) is 0 Å². The third-order valence-electron chi connectivity index (χ3n) is 2.48. The molecule has 2 aromatic heterocycles. The number of hydrogen-bond acceptors (Lipinski definition) is 1. The molecule has 0 saturated heterocycles. The molecule has 2 rings (SSSR count). The van der Waals surface area contributed by atoms with Gasteiger partial charge in [-0.25, -0.2) is 0 Å². The van der Waals surface area contributed by atoms with Crippen LogP contribution in [0.2, 0.25) is 0 Å². The van der Waals surface area contributed by atoms with Crippen LogP contribution in [0.4, 0.5) is 0 Å². The third-order valence-corrected chi connectivity index (χ3v) is 2.48. The van der Waals surface area contributed by atoms with Gasteiger partial charge < -0.3 is 4.57 Å². The number of rotatable bonds is 2. The first-order chi connectivity index (χ1) is 6.81. The molecule has 0 saturated carbocycles. The van der Waals surface area contributed by atoms with Gasteiger partial charge >= 0.3 is 0 Å². The predicted octanol–water partition coefficient (Wildman–Crippen LogP) is 2.65. The van der Waals surface area contributed by atoms with E-state index in [1.54, 1.807) is 0 Å². The van der Waals surface area contributed by atoms with Gasteiger partial charge in [0.2, 0.25) is 0 Å². The van der Waals surface area contributed by atoms with E-state index in [0.717, 1.165) is 6.42 Å². The lowest BCUT2D eigenvalue weighted by Crippen LogP contribution is -1.90. The van der Waals surface area contributed by atoms with E-state index < -0.39 is 0 Å². The Kier molecular flexibility index (Phi) is 2.35. The Morgan fingerprint density at radius 1 is 1.21 bits per heavy atom. The second kappa shape index (κ2) is 3.66. The maximum absolute atomic E-state index is 4.01. The number of nitrogens with zero attached hydrogens (tertiary/aromatic N) is 2. The van der Waals surface area contributed by atoms with Gasteiger partial charge in [-0.1, -0.05) is 6.92 Å². The molecule has 14 heavy (non-hydrogen) atoms. The zero-order valence-corrected chi connectivity index (χ0v) is 8.57. The molecule has 2 aromatic rings. The van der Waals surface area contributed by atoms with Crippen LogP contribution in [0.5, 0.6) is 0 Å². The van der Waals surface area contributed by atoms with Crippen molar-refractivity contribution in [2.24, 2.45) is 7.05 Å². The first kappa shape index (κ1) is 9.00. The van der Waals surface area contributed by atoms with Crippen molar-refractivity contribution in [2.75, 3.05) is 0 Å². The lowest BCUT2D eigenvalue weighted by molar-refractivity contribution is 0.838. The van der Waals surface area contributed by atoms with Crippen LogP contribution >= 0.6 is 0 Å². The number of hydrogen-bond donors (Lipinski definition) is 0. The van der Waals surface area contributed by atoms with Crippen molar-refractivity contribution in [1.29, 1.82) is 0 Å². The fourth-order valence-corrected chi connectivity index (χ4v) is 1.66. The zero-order valence-electron chi connectivity index (χ0n) is 8.57. The first-order valence-corrected chi connectivity index (χ1v) is 4.87. The Morgan fingerprint density at radius 2 is 1.93 bits per heavy atom. The van der Waals surface area contributed by atoms with Crippen LogP contribution in [0.3, 0.4) is 0 Å². The minimum atomic E-state index is 1.07. The van der Waals surface area contributed by atoms with E-state index in [9.17, 15) is 0 Å². The van der Waals surface area contributed by atoms with Crippen molar-refractivity contribution in [2.45, 2.75) is 13.3 Å². The van der Waals surface area contributed by atoms with Crippen LogP contribution in [0.15, 0.2) is 36.8 Å². The molecule has 0 atom stereocenters. The fraction of sp³-hybridized carbons (Fsp3) is 0.250. The van der Waals surface area contributed by atoms with E-state index in [1.807, 2.05) is 24.5 Å². The van der Waals surface area contributed by atoms with Gasteiger partial charge in [-0.05, 0) is 35.7 Å². The van der Waals surface area contributed by atoms with E-state index in [0.29, 0.717) is 0 Å². The van der Waals surface area contributed by atoms with Crippen LogP contribution in [-0.4, -0.2) is 9.55 Å². The normalized spacial score (nSPS) is 10.4. The third kappa shape index (κ3) is 1.55. The summed E-state index contributed by atoms with van der Waals surface area (Å²) in [6, 6.07) is 6.30. The van der Waals surface area contributed by atoms with Crippen LogP contribution in [-0.2, 0) is 13.5 Å². The molecule has 0 bridgehead atoms. The van der Waals surface area contributed by atoms with E-state index >= 15 is 0 Å². The highest BCUT2D eigenvalue weighted by molar-refractivity contribution is 5.62. The van der Waals surface area contributed by atoms with Crippen molar-refractivity contribution in [3.8, 4) is 11.1 Å². The molecule has 2 heterocycles. The molecule has 0 aliphatic carbocycles. The van der Waals surface area contributed by atoms with Gasteiger partial charge in [0.25, 0.3) is 0 Å². The molecule has 0 amide bonds. The van der Waals surface area contributed by atoms with Crippen molar-refractivity contribution in [3.63, 3.8) is 0 Å². The molecule has 72 valence electrons. The maximum atomic E-state index is 4.01. The molecule has 2 heteroatoms. The largest absolute Gasteiger partial charge is 0.354 e. The Hall–Kier alpha value is -1.57. The highest BCUT2D eigenvalue weighted by Crippen LogP contribution is 2.20. The smallest absolute Gasteiger partial charge is 0.0273 e. The summed E-state index contributed by atoms with van der Waals surface area (Å²) in [5.74, 6) is 0. The molecule has 0 fully saturated rings. The van der Waals surface area contributed by atoms with Gasteiger partial charge in [0.15, 0.2) is 0 Å². The number of aromatic nitrogens is 2. The standard InChI is InChI=1S/C12H14N2/c1-3-12-8-11(9-14(12)2)10-4-6-13-7-5-10/h4-9H,3H2,1-2H3. The number of pyridine rings is 1. The predicted molar refractivity (Wildman–Crippen MR) is 58.0 cm³/mol. The average Bonchev–Trinajstić information content (AvgIpc) is 2.61. The highest BCUT2D eigenvalue weighted by Gasteiger charge is 2.02. The highest BCUT2D eigenvalue weighted by atomic mass is 14.9. The molecular weight excluding hydrogens is 172 g/mol. The van der Waals surface area contributed by atoms with Gasteiger partial charge in [-0.3, -0.25) is 4.98 Å². The average molecular weight is 186 g/mol. The summed E-state index contributed by atoms with van der Waals surface area (Å²) in [7, 11) is 2.09. The zero-order chi connectivity index (χ0) is 9.97. The summed E-state index contributed by atoms with van der Waals surface area (Å²) in [4.78, 5) is 4.01. The summed E-state index contributed by atoms with van der Waals surface area (Å²) < 4.78 is 2.18. The molecule has 0 radical (unpaired) electrons. The Balaban J connectivity index is 2.43. The van der Waals surface area contributed by atoms with Crippen molar-refractivity contribution < 1.29 is 0 Å². The summed E-state index contributed by atoms with van der Waals surface area (Å²) >= 11 is 0. The molecule has 0 aromatic carbocycles. The van der Waals surface area contributed by atoms with Crippen molar-refractivity contribution in [1.82, 2.24) is 9.55 Å². The molecule has 0 aliphatic rings. The first-order valence-electron chi connectivity index (χ1n) is 4.87. The Morgan fingerprint density at radius 3 is 2.50 bits per heavy atom. The van der Waals surface area contributed by atoms with Crippen LogP contribution in [0.1, 0.15) is 12.6 Å². The van der Waals surface area contributed by atoms with Gasteiger partial charge in [0.05, 0.1) is 0 Å². The summed E-state index contributed by atoms with van der Waals surface area (Å²) in [5, 5.41) is 0. The molecule has 0 N–H and O–H groups in total. The summed E-state index contributed by atoms with van der Waals surface area (Å²) in [6.07, 6.45) is 6.89. The quantitative estimate of drug-likeness (QED) is 0.705. The van der Waals surface area contributed by atoms with Crippen LogP contribution < -0.4 is 0 Å². The topological polar surface area (TPSA) is 17.8 Å². The molecule has 0 spiro atoms. The van der Waals surface area contributed by atoms with E-state index in [4.69, 9.17) is 0 Å². The van der Waals surface area contributed by atoms with Gasteiger partial charge in [0, 0.05) is 31.3 Å². The van der Waals surface area contributed by atoms with E-state index in [1.165, 1.54) is 16.8 Å². The Labute approximate surface area is 84.2 Å². The second-order valence-electron chi connectivity index (χ2n) is 3.42. The lowest BCUT2D eigenvalue weighted by atomic mass is 10.1.